The molecule has 1 aromatic heterocycles. The van der Waals surface area contributed by atoms with E-state index in [0.29, 0.717) is 6.42 Å². The van der Waals surface area contributed by atoms with Gasteiger partial charge in [-0.3, -0.25) is 9.78 Å². The molecule has 1 aromatic rings. The Kier molecular flexibility index (Phi) is 4.67. The second-order valence-electron chi connectivity index (χ2n) is 5.66. The minimum Gasteiger partial charge on any atom is -0.345 e. The van der Waals surface area contributed by atoms with Crippen molar-refractivity contribution in [3.05, 3.63) is 30.1 Å². The van der Waals surface area contributed by atoms with E-state index < -0.39 is 0 Å². The number of hydrogen-bond donors (Lipinski definition) is 0. The van der Waals surface area contributed by atoms with Crippen LogP contribution in [0.3, 0.4) is 0 Å². The van der Waals surface area contributed by atoms with Crippen molar-refractivity contribution in [2.45, 2.75) is 33.6 Å². The number of likely N-dealkylation sites (N-methyl/N-ethyl adjacent to an activating group) is 1. The van der Waals surface area contributed by atoms with E-state index in [1.165, 1.54) is 5.56 Å². The zero-order chi connectivity index (χ0) is 12.9. The predicted molar refractivity (Wildman–Crippen MR) is 69.7 cm³/mol. The highest BCUT2D eigenvalue weighted by molar-refractivity contribution is 5.76. The fourth-order valence-electron chi connectivity index (χ4n) is 1.56. The zero-order valence-corrected chi connectivity index (χ0v) is 11.2. The fraction of sp³-hybridized carbons (Fsp3) is 0.571. The second kappa shape index (κ2) is 5.80. The van der Waals surface area contributed by atoms with Crippen molar-refractivity contribution < 1.29 is 4.79 Å². The minimum atomic E-state index is 0.0575. The Morgan fingerprint density at radius 2 is 1.88 bits per heavy atom. The largest absolute Gasteiger partial charge is 0.345 e. The van der Waals surface area contributed by atoms with Crippen molar-refractivity contribution in [1.29, 1.82) is 0 Å². The van der Waals surface area contributed by atoms with Gasteiger partial charge in [0.15, 0.2) is 0 Å². The molecule has 0 aliphatic carbocycles. The highest BCUT2D eigenvalue weighted by Gasteiger charge is 2.18. The maximum atomic E-state index is 11.9. The maximum Gasteiger partial charge on any atom is 0.222 e. The van der Waals surface area contributed by atoms with Crippen LogP contribution < -0.4 is 0 Å². The van der Waals surface area contributed by atoms with E-state index in [4.69, 9.17) is 0 Å². The van der Waals surface area contributed by atoms with E-state index in [1.54, 1.807) is 12.4 Å². The lowest BCUT2D eigenvalue weighted by atomic mass is 9.91. The molecule has 1 amide bonds. The summed E-state index contributed by atoms with van der Waals surface area (Å²) < 4.78 is 0. The first-order chi connectivity index (χ1) is 7.88. The van der Waals surface area contributed by atoms with Gasteiger partial charge < -0.3 is 4.90 Å². The minimum absolute atomic E-state index is 0.0575. The van der Waals surface area contributed by atoms with E-state index in [9.17, 15) is 4.79 Å². The Balaban J connectivity index is 2.40. The lowest BCUT2D eigenvalue weighted by Gasteiger charge is -2.23. The van der Waals surface area contributed by atoms with Crippen molar-refractivity contribution in [1.82, 2.24) is 9.88 Å². The first-order valence-corrected chi connectivity index (χ1v) is 6.01. The smallest absolute Gasteiger partial charge is 0.222 e. The Bertz CT molecular complexity index is 354. The van der Waals surface area contributed by atoms with Crippen LogP contribution in [0.1, 0.15) is 32.8 Å². The monoisotopic (exact) mass is 234 g/mol. The average Bonchev–Trinajstić information content (AvgIpc) is 2.25. The molecule has 3 heteroatoms. The molecule has 0 atom stereocenters. The van der Waals surface area contributed by atoms with Crippen LogP contribution in [0.25, 0.3) is 0 Å². The van der Waals surface area contributed by atoms with E-state index in [-0.39, 0.29) is 11.3 Å². The van der Waals surface area contributed by atoms with Gasteiger partial charge in [-0.1, -0.05) is 20.8 Å². The third-order valence-corrected chi connectivity index (χ3v) is 2.59. The highest BCUT2D eigenvalue weighted by Crippen LogP contribution is 2.19. The molecule has 94 valence electrons. The first kappa shape index (κ1) is 13.7. The summed E-state index contributed by atoms with van der Waals surface area (Å²) in [5.74, 6) is 0.214. The molecule has 1 heterocycles. The normalized spacial score (nSPS) is 11.3. The predicted octanol–water partition coefficient (Wildman–Crippen LogP) is 2.52. The highest BCUT2D eigenvalue weighted by atomic mass is 16.2. The van der Waals surface area contributed by atoms with Gasteiger partial charge in [-0.15, -0.1) is 0 Å². The third-order valence-electron chi connectivity index (χ3n) is 2.59. The summed E-state index contributed by atoms with van der Waals surface area (Å²) >= 11 is 0. The standard InChI is InChI=1S/C14H22N2O/c1-14(2,3)11-13(17)16(4)10-7-12-5-8-15-9-6-12/h5-6,8-9H,7,10-11H2,1-4H3. The van der Waals surface area contributed by atoms with Gasteiger partial charge in [0.1, 0.15) is 0 Å². The molecule has 0 saturated heterocycles. The second-order valence-corrected chi connectivity index (χ2v) is 5.66. The van der Waals surface area contributed by atoms with Gasteiger partial charge in [-0.2, -0.15) is 0 Å². The Labute approximate surface area is 104 Å². The Hall–Kier alpha value is -1.38. The molecule has 0 aliphatic rings. The van der Waals surface area contributed by atoms with Crippen LogP contribution in [0, 0.1) is 5.41 Å². The summed E-state index contributed by atoms with van der Waals surface area (Å²) in [6.45, 7) is 7.02. The van der Waals surface area contributed by atoms with E-state index in [1.807, 2.05) is 24.1 Å². The third kappa shape index (κ3) is 5.48. The Morgan fingerprint density at radius 1 is 1.29 bits per heavy atom. The molecule has 0 unspecified atom stereocenters. The van der Waals surface area contributed by atoms with Gasteiger partial charge in [-0.05, 0) is 29.5 Å². The van der Waals surface area contributed by atoms with Crippen LogP contribution in [0.4, 0.5) is 0 Å². The van der Waals surface area contributed by atoms with Crippen molar-refractivity contribution in [2.75, 3.05) is 13.6 Å². The molecule has 0 fully saturated rings. The zero-order valence-electron chi connectivity index (χ0n) is 11.2. The number of amides is 1. The van der Waals surface area contributed by atoms with Crippen molar-refractivity contribution in [3.8, 4) is 0 Å². The lowest BCUT2D eigenvalue weighted by Crippen LogP contribution is -2.31. The van der Waals surface area contributed by atoms with Crippen molar-refractivity contribution in [2.24, 2.45) is 5.41 Å². The molecular weight excluding hydrogens is 212 g/mol. The molecule has 0 radical (unpaired) electrons. The van der Waals surface area contributed by atoms with Gasteiger partial charge in [-0.25, -0.2) is 0 Å². The molecule has 0 N–H and O–H groups in total. The van der Waals surface area contributed by atoms with Crippen molar-refractivity contribution in [3.63, 3.8) is 0 Å². The molecule has 1 rings (SSSR count). The van der Waals surface area contributed by atoms with Gasteiger partial charge in [0.2, 0.25) is 5.91 Å². The van der Waals surface area contributed by atoms with E-state index in [0.717, 1.165) is 13.0 Å². The maximum absolute atomic E-state index is 11.9. The van der Waals surface area contributed by atoms with Crippen LogP contribution in [0.2, 0.25) is 0 Å². The van der Waals surface area contributed by atoms with Crippen LogP contribution in [-0.4, -0.2) is 29.4 Å². The van der Waals surface area contributed by atoms with E-state index >= 15 is 0 Å². The number of carbonyl (C=O) groups excluding carboxylic acids is 1. The fourth-order valence-corrected chi connectivity index (χ4v) is 1.56. The summed E-state index contributed by atoms with van der Waals surface area (Å²) in [5.41, 5.74) is 1.28. The molecule has 0 bridgehead atoms. The SMILES string of the molecule is CN(CCc1ccncc1)C(=O)CC(C)(C)C. The summed E-state index contributed by atoms with van der Waals surface area (Å²) in [4.78, 5) is 17.7. The molecular formula is C14H22N2O. The van der Waals surface area contributed by atoms with Gasteiger partial charge in [0.25, 0.3) is 0 Å². The quantitative estimate of drug-likeness (QED) is 0.802. The molecule has 3 nitrogen and oxygen atoms in total. The number of pyridine rings is 1. The summed E-state index contributed by atoms with van der Waals surface area (Å²) in [5, 5.41) is 0. The van der Waals surface area contributed by atoms with Crippen LogP contribution in [0.5, 0.6) is 0 Å². The summed E-state index contributed by atoms with van der Waals surface area (Å²) in [6, 6.07) is 3.98. The van der Waals surface area contributed by atoms with Gasteiger partial charge in [0, 0.05) is 32.4 Å². The number of carbonyl (C=O) groups is 1. The first-order valence-electron chi connectivity index (χ1n) is 6.01. The number of rotatable bonds is 4. The van der Waals surface area contributed by atoms with E-state index in [2.05, 4.69) is 25.8 Å². The summed E-state index contributed by atoms with van der Waals surface area (Å²) in [6.07, 6.45) is 5.05. The van der Waals surface area contributed by atoms with Crippen LogP contribution in [0.15, 0.2) is 24.5 Å². The average molecular weight is 234 g/mol. The summed E-state index contributed by atoms with van der Waals surface area (Å²) in [7, 11) is 1.87. The molecule has 0 spiro atoms. The Morgan fingerprint density at radius 3 is 2.41 bits per heavy atom. The lowest BCUT2D eigenvalue weighted by molar-refractivity contribution is -0.131. The van der Waals surface area contributed by atoms with Crippen LogP contribution >= 0.6 is 0 Å². The van der Waals surface area contributed by atoms with Gasteiger partial charge in [0.05, 0.1) is 0 Å². The molecule has 17 heavy (non-hydrogen) atoms. The van der Waals surface area contributed by atoms with Gasteiger partial charge >= 0.3 is 0 Å². The number of nitrogens with zero attached hydrogens (tertiary/aromatic N) is 2. The molecule has 0 aromatic carbocycles. The van der Waals surface area contributed by atoms with Crippen LogP contribution in [-0.2, 0) is 11.2 Å². The number of hydrogen-bond acceptors (Lipinski definition) is 2. The molecule has 0 aliphatic heterocycles. The number of aromatic nitrogens is 1. The topological polar surface area (TPSA) is 33.2 Å². The molecule has 0 saturated carbocycles. The van der Waals surface area contributed by atoms with Crippen molar-refractivity contribution >= 4 is 5.91 Å².